The molecule has 0 fully saturated rings. The standard InChI is InChI=1S/C19H24FN3O.HI/c1-3-21-19(23(2)13-15-7-5-4-6-8-15)22-12-16-9-10-18(20)17(11-16)14-24;/h4-11,24H,3,12-14H2,1-2H3,(H,21,22);1H. The van der Waals surface area contributed by atoms with Crippen molar-refractivity contribution in [3.63, 3.8) is 0 Å². The second kappa shape index (κ2) is 11.0. The van der Waals surface area contributed by atoms with E-state index in [1.165, 1.54) is 11.6 Å². The zero-order valence-corrected chi connectivity index (χ0v) is 16.9. The van der Waals surface area contributed by atoms with Crippen LogP contribution in [0.1, 0.15) is 23.6 Å². The summed E-state index contributed by atoms with van der Waals surface area (Å²) in [7, 11) is 1.98. The molecule has 0 amide bonds. The predicted octanol–water partition coefficient (Wildman–Crippen LogP) is 3.53. The zero-order chi connectivity index (χ0) is 17.4. The summed E-state index contributed by atoms with van der Waals surface area (Å²) in [4.78, 5) is 6.66. The van der Waals surface area contributed by atoms with Gasteiger partial charge in [-0.1, -0.05) is 36.4 Å². The number of guanidine groups is 1. The van der Waals surface area contributed by atoms with E-state index in [4.69, 9.17) is 5.11 Å². The Balaban J connectivity index is 0.00000312. The molecule has 0 aliphatic heterocycles. The highest BCUT2D eigenvalue weighted by Crippen LogP contribution is 2.12. The maximum atomic E-state index is 13.4. The molecule has 2 aromatic carbocycles. The molecule has 0 saturated heterocycles. The van der Waals surface area contributed by atoms with Crippen molar-refractivity contribution in [2.24, 2.45) is 4.99 Å². The topological polar surface area (TPSA) is 47.9 Å². The van der Waals surface area contributed by atoms with Crippen LogP contribution >= 0.6 is 24.0 Å². The van der Waals surface area contributed by atoms with E-state index in [9.17, 15) is 4.39 Å². The smallest absolute Gasteiger partial charge is 0.194 e. The molecule has 0 bridgehead atoms. The number of hydrogen-bond acceptors (Lipinski definition) is 2. The third kappa shape index (κ3) is 6.62. The van der Waals surface area contributed by atoms with Crippen LogP contribution in [0.2, 0.25) is 0 Å². The Morgan fingerprint density at radius 2 is 1.88 bits per heavy atom. The van der Waals surface area contributed by atoms with Crippen molar-refractivity contribution in [2.45, 2.75) is 26.6 Å². The molecule has 0 aliphatic carbocycles. The van der Waals surface area contributed by atoms with Crippen LogP contribution < -0.4 is 5.32 Å². The highest BCUT2D eigenvalue weighted by atomic mass is 127. The summed E-state index contributed by atoms with van der Waals surface area (Å²) in [6, 6.07) is 14.9. The number of benzene rings is 2. The highest BCUT2D eigenvalue weighted by Gasteiger charge is 2.07. The van der Waals surface area contributed by atoms with Crippen molar-refractivity contribution in [3.8, 4) is 0 Å². The molecule has 136 valence electrons. The van der Waals surface area contributed by atoms with E-state index in [1.54, 1.807) is 12.1 Å². The van der Waals surface area contributed by atoms with E-state index in [1.807, 2.05) is 32.2 Å². The Morgan fingerprint density at radius 3 is 2.52 bits per heavy atom. The van der Waals surface area contributed by atoms with Crippen molar-refractivity contribution in [2.75, 3.05) is 13.6 Å². The number of aliphatic hydroxyl groups is 1. The second-order valence-corrected chi connectivity index (χ2v) is 5.60. The molecule has 2 rings (SSSR count). The van der Waals surface area contributed by atoms with Crippen LogP contribution in [0.5, 0.6) is 0 Å². The summed E-state index contributed by atoms with van der Waals surface area (Å²) in [6.45, 7) is 3.65. The van der Waals surface area contributed by atoms with Crippen molar-refractivity contribution in [3.05, 3.63) is 71.0 Å². The Hall–Kier alpha value is -1.67. The summed E-state index contributed by atoms with van der Waals surface area (Å²) in [5.74, 6) is 0.398. The number of aliphatic imine (C=N–C) groups is 1. The first kappa shape index (κ1) is 21.4. The van der Waals surface area contributed by atoms with E-state index in [2.05, 4.69) is 27.3 Å². The molecular weight excluding hydrogens is 432 g/mol. The fourth-order valence-electron chi connectivity index (χ4n) is 2.42. The molecule has 2 aromatic rings. The lowest BCUT2D eigenvalue weighted by atomic mass is 10.1. The molecule has 6 heteroatoms. The first-order valence-corrected chi connectivity index (χ1v) is 8.05. The Morgan fingerprint density at radius 1 is 1.16 bits per heavy atom. The minimum Gasteiger partial charge on any atom is -0.392 e. The van der Waals surface area contributed by atoms with E-state index in [0.29, 0.717) is 12.1 Å². The van der Waals surface area contributed by atoms with Gasteiger partial charge < -0.3 is 15.3 Å². The zero-order valence-electron chi connectivity index (χ0n) is 14.6. The summed E-state index contributed by atoms with van der Waals surface area (Å²) >= 11 is 0. The number of rotatable bonds is 6. The molecule has 0 heterocycles. The maximum Gasteiger partial charge on any atom is 0.194 e. The van der Waals surface area contributed by atoms with Crippen LogP contribution in [0.3, 0.4) is 0 Å². The Bertz CT molecular complexity index is 680. The van der Waals surface area contributed by atoms with E-state index in [-0.39, 0.29) is 30.6 Å². The lowest BCUT2D eigenvalue weighted by Gasteiger charge is -2.22. The van der Waals surface area contributed by atoms with Crippen molar-refractivity contribution >= 4 is 29.9 Å². The summed E-state index contributed by atoms with van der Waals surface area (Å²) in [5.41, 5.74) is 2.37. The Labute approximate surface area is 165 Å². The van der Waals surface area contributed by atoms with Gasteiger partial charge in [-0.3, -0.25) is 0 Å². The first-order valence-electron chi connectivity index (χ1n) is 8.05. The van der Waals surface area contributed by atoms with Gasteiger partial charge in [0.2, 0.25) is 0 Å². The largest absolute Gasteiger partial charge is 0.392 e. The molecule has 25 heavy (non-hydrogen) atoms. The molecular formula is C19H25FIN3O. The highest BCUT2D eigenvalue weighted by molar-refractivity contribution is 14.0. The van der Waals surface area contributed by atoms with Gasteiger partial charge in [0.25, 0.3) is 0 Å². The van der Waals surface area contributed by atoms with Gasteiger partial charge in [-0.15, -0.1) is 24.0 Å². The lowest BCUT2D eigenvalue weighted by Crippen LogP contribution is -2.38. The second-order valence-electron chi connectivity index (χ2n) is 5.60. The van der Waals surface area contributed by atoms with Crippen molar-refractivity contribution in [1.29, 1.82) is 0 Å². The summed E-state index contributed by atoms with van der Waals surface area (Å²) < 4.78 is 13.4. The maximum absolute atomic E-state index is 13.4. The normalized spacial score (nSPS) is 11.0. The fraction of sp³-hybridized carbons (Fsp3) is 0.316. The minimum absolute atomic E-state index is 0. The van der Waals surface area contributed by atoms with Crippen LogP contribution in [0, 0.1) is 5.82 Å². The molecule has 0 aliphatic rings. The Kier molecular flexibility index (Phi) is 9.44. The molecule has 0 atom stereocenters. The number of hydrogen-bond donors (Lipinski definition) is 2. The van der Waals surface area contributed by atoms with Gasteiger partial charge >= 0.3 is 0 Å². The van der Waals surface area contributed by atoms with Crippen LogP contribution in [-0.2, 0) is 19.7 Å². The molecule has 2 N–H and O–H groups in total. The third-order valence-corrected chi connectivity index (χ3v) is 3.65. The van der Waals surface area contributed by atoms with Crippen LogP contribution in [0.15, 0.2) is 53.5 Å². The van der Waals surface area contributed by atoms with Crippen molar-refractivity contribution < 1.29 is 9.50 Å². The van der Waals surface area contributed by atoms with Crippen molar-refractivity contribution in [1.82, 2.24) is 10.2 Å². The number of aliphatic hydroxyl groups excluding tert-OH is 1. The fourth-order valence-corrected chi connectivity index (χ4v) is 2.42. The summed E-state index contributed by atoms with van der Waals surface area (Å²) in [6.07, 6.45) is 0. The molecule has 0 spiro atoms. The third-order valence-electron chi connectivity index (χ3n) is 3.65. The molecule has 0 aromatic heterocycles. The van der Waals surface area contributed by atoms with E-state index < -0.39 is 5.82 Å². The molecule has 0 saturated carbocycles. The predicted molar refractivity (Wildman–Crippen MR) is 110 cm³/mol. The number of nitrogens with zero attached hydrogens (tertiary/aromatic N) is 2. The molecule has 0 unspecified atom stereocenters. The van der Waals surface area contributed by atoms with Crippen LogP contribution in [-0.4, -0.2) is 29.6 Å². The monoisotopic (exact) mass is 457 g/mol. The number of nitrogens with one attached hydrogen (secondary N) is 1. The minimum atomic E-state index is -0.390. The van der Waals surface area contributed by atoms with Gasteiger partial charge in [0.1, 0.15) is 5.82 Å². The summed E-state index contributed by atoms with van der Waals surface area (Å²) in [5, 5.41) is 12.4. The van der Waals surface area contributed by atoms with Crippen LogP contribution in [0.25, 0.3) is 0 Å². The quantitative estimate of drug-likeness (QED) is 0.397. The SMILES string of the molecule is CCNC(=NCc1ccc(F)c(CO)c1)N(C)Cc1ccccc1.I. The van der Waals surface area contributed by atoms with Crippen LogP contribution in [0.4, 0.5) is 4.39 Å². The van der Waals surface area contributed by atoms with Gasteiger partial charge in [0.15, 0.2) is 5.96 Å². The van der Waals surface area contributed by atoms with E-state index in [0.717, 1.165) is 24.6 Å². The van der Waals surface area contributed by atoms with E-state index >= 15 is 0 Å². The molecule has 0 radical (unpaired) electrons. The first-order chi connectivity index (χ1) is 11.6. The van der Waals surface area contributed by atoms with Gasteiger partial charge in [0, 0.05) is 25.7 Å². The van der Waals surface area contributed by atoms with Gasteiger partial charge in [-0.25, -0.2) is 9.38 Å². The van der Waals surface area contributed by atoms with Gasteiger partial charge in [0.05, 0.1) is 13.2 Å². The average Bonchev–Trinajstić information content (AvgIpc) is 2.60. The number of halogens is 2. The molecule has 4 nitrogen and oxygen atoms in total. The van der Waals surface area contributed by atoms with Gasteiger partial charge in [-0.2, -0.15) is 0 Å². The lowest BCUT2D eigenvalue weighted by molar-refractivity contribution is 0.275. The average molecular weight is 457 g/mol. The van der Waals surface area contributed by atoms with Gasteiger partial charge in [-0.05, 0) is 30.2 Å².